The predicted molar refractivity (Wildman–Crippen MR) is 71.3 cm³/mol. The van der Waals surface area contributed by atoms with Crippen LogP contribution >= 0.6 is 0 Å². The molecule has 1 aromatic carbocycles. The molecule has 0 aliphatic carbocycles. The molecule has 0 atom stereocenters. The highest BCUT2D eigenvalue weighted by atomic mass is 16.3. The molecule has 0 radical (unpaired) electrons. The van der Waals surface area contributed by atoms with Gasteiger partial charge in [0.2, 0.25) is 0 Å². The minimum atomic E-state index is 0.218. The number of β-amino-alcohol motifs (C(OH)–C–C–N with tert-alkyl or cyclic N) is 1. The maximum atomic E-state index is 9.78. The van der Waals surface area contributed by atoms with Gasteiger partial charge in [-0.05, 0) is 18.2 Å². The van der Waals surface area contributed by atoms with E-state index in [9.17, 15) is 5.11 Å². The molecule has 1 saturated heterocycles. The molecule has 0 bridgehead atoms. The first-order valence-corrected chi connectivity index (χ1v) is 6.32. The minimum Gasteiger partial charge on any atom is -0.508 e. The van der Waals surface area contributed by atoms with Crippen LogP contribution in [0.5, 0.6) is 5.75 Å². The van der Waals surface area contributed by atoms with Crippen LogP contribution in [0.25, 0.3) is 0 Å². The standard InChI is InChI=1S/C13H21N3O2/c14-12-1-2-13(18)11(9-12)10-16-5-3-15(4-6-16)7-8-17/h1-2,9,17-18H,3-8,10,14H2. The van der Waals surface area contributed by atoms with Crippen molar-refractivity contribution in [2.75, 3.05) is 45.1 Å². The van der Waals surface area contributed by atoms with Crippen LogP contribution in [0.2, 0.25) is 0 Å². The first-order chi connectivity index (χ1) is 8.69. The van der Waals surface area contributed by atoms with Crippen LogP contribution < -0.4 is 5.73 Å². The molecule has 0 aromatic heterocycles. The van der Waals surface area contributed by atoms with Crippen LogP contribution in [-0.2, 0) is 6.54 Å². The lowest BCUT2D eigenvalue weighted by atomic mass is 10.1. The number of hydrogen-bond donors (Lipinski definition) is 3. The molecule has 1 aliphatic heterocycles. The van der Waals surface area contributed by atoms with Gasteiger partial charge in [0, 0.05) is 50.5 Å². The van der Waals surface area contributed by atoms with Crippen LogP contribution in [0.4, 0.5) is 5.69 Å². The highest BCUT2D eigenvalue weighted by Crippen LogP contribution is 2.21. The molecule has 1 heterocycles. The van der Waals surface area contributed by atoms with Gasteiger partial charge < -0.3 is 15.9 Å². The number of hydrogen-bond acceptors (Lipinski definition) is 5. The number of rotatable bonds is 4. The Hall–Kier alpha value is -1.30. The molecule has 1 fully saturated rings. The van der Waals surface area contributed by atoms with E-state index in [1.54, 1.807) is 12.1 Å². The molecule has 1 aliphatic rings. The molecule has 18 heavy (non-hydrogen) atoms. The Kier molecular flexibility index (Phi) is 4.41. The highest BCUT2D eigenvalue weighted by molar-refractivity contribution is 5.47. The van der Waals surface area contributed by atoms with Gasteiger partial charge in [0.15, 0.2) is 0 Å². The van der Waals surface area contributed by atoms with Crippen molar-refractivity contribution in [1.29, 1.82) is 0 Å². The fourth-order valence-corrected chi connectivity index (χ4v) is 2.29. The Balaban J connectivity index is 1.89. The third kappa shape index (κ3) is 3.35. The minimum absolute atomic E-state index is 0.218. The van der Waals surface area contributed by atoms with E-state index in [4.69, 9.17) is 10.8 Å². The predicted octanol–water partition coefficient (Wildman–Crippen LogP) is 0.0843. The van der Waals surface area contributed by atoms with Crippen LogP contribution in [0.15, 0.2) is 18.2 Å². The molecular formula is C13H21N3O2. The van der Waals surface area contributed by atoms with E-state index in [2.05, 4.69) is 9.80 Å². The fourth-order valence-electron chi connectivity index (χ4n) is 2.29. The molecular weight excluding hydrogens is 230 g/mol. The molecule has 100 valence electrons. The molecule has 0 amide bonds. The van der Waals surface area contributed by atoms with Crippen LogP contribution in [0, 0.1) is 0 Å². The van der Waals surface area contributed by atoms with Gasteiger partial charge in [-0.1, -0.05) is 0 Å². The first-order valence-electron chi connectivity index (χ1n) is 6.32. The number of anilines is 1. The number of phenolic OH excluding ortho intramolecular Hbond substituents is 1. The smallest absolute Gasteiger partial charge is 0.120 e. The van der Waals surface area contributed by atoms with E-state index in [1.807, 2.05) is 6.07 Å². The third-order valence-electron chi connectivity index (χ3n) is 3.38. The zero-order valence-electron chi connectivity index (χ0n) is 10.5. The third-order valence-corrected chi connectivity index (χ3v) is 3.38. The van der Waals surface area contributed by atoms with E-state index in [1.165, 1.54) is 0 Å². The molecule has 4 N–H and O–H groups in total. The molecule has 5 heteroatoms. The van der Waals surface area contributed by atoms with Gasteiger partial charge in [-0.3, -0.25) is 9.80 Å². The highest BCUT2D eigenvalue weighted by Gasteiger charge is 2.17. The number of piperazine rings is 1. The maximum Gasteiger partial charge on any atom is 0.120 e. The van der Waals surface area contributed by atoms with Gasteiger partial charge in [0.1, 0.15) is 5.75 Å². The SMILES string of the molecule is Nc1ccc(O)c(CN2CCN(CCO)CC2)c1. The quantitative estimate of drug-likeness (QED) is 0.522. The summed E-state index contributed by atoms with van der Waals surface area (Å²) in [4.78, 5) is 4.54. The second-order valence-electron chi connectivity index (χ2n) is 4.73. The second kappa shape index (κ2) is 6.04. The van der Waals surface area contributed by atoms with Crippen molar-refractivity contribution in [3.8, 4) is 5.75 Å². The Morgan fingerprint density at radius 1 is 1.11 bits per heavy atom. The van der Waals surface area contributed by atoms with Crippen LogP contribution in [-0.4, -0.2) is 59.3 Å². The number of phenols is 1. The summed E-state index contributed by atoms with van der Waals surface area (Å²) in [6.45, 7) is 5.52. The normalized spacial score (nSPS) is 18.1. The maximum absolute atomic E-state index is 9.78. The Labute approximate surface area is 107 Å². The molecule has 0 saturated carbocycles. The molecule has 1 aromatic rings. The summed E-state index contributed by atoms with van der Waals surface area (Å²) in [5, 5.41) is 18.7. The van der Waals surface area contributed by atoms with Gasteiger partial charge in [0.05, 0.1) is 6.61 Å². The van der Waals surface area contributed by atoms with Crippen LogP contribution in [0.3, 0.4) is 0 Å². The van der Waals surface area contributed by atoms with Crippen molar-refractivity contribution < 1.29 is 10.2 Å². The number of nitrogen functional groups attached to an aromatic ring is 1. The number of aliphatic hydroxyl groups excluding tert-OH is 1. The molecule has 5 nitrogen and oxygen atoms in total. The number of nitrogens with two attached hydrogens (primary N) is 1. The van der Waals surface area contributed by atoms with Gasteiger partial charge in [0.25, 0.3) is 0 Å². The van der Waals surface area contributed by atoms with Crippen molar-refractivity contribution in [3.63, 3.8) is 0 Å². The number of aromatic hydroxyl groups is 1. The van der Waals surface area contributed by atoms with Crippen LogP contribution in [0.1, 0.15) is 5.56 Å². The summed E-state index contributed by atoms with van der Waals surface area (Å²) >= 11 is 0. The monoisotopic (exact) mass is 251 g/mol. The van der Waals surface area contributed by atoms with Gasteiger partial charge in [-0.15, -0.1) is 0 Å². The molecule has 2 rings (SSSR count). The number of benzene rings is 1. The van der Waals surface area contributed by atoms with Gasteiger partial charge >= 0.3 is 0 Å². The lowest BCUT2D eigenvalue weighted by molar-refractivity contribution is 0.108. The summed E-state index contributed by atoms with van der Waals surface area (Å²) in [5.74, 6) is 0.307. The topological polar surface area (TPSA) is 73.0 Å². The van der Waals surface area contributed by atoms with Crippen molar-refractivity contribution in [1.82, 2.24) is 9.80 Å². The Bertz CT molecular complexity index is 390. The Morgan fingerprint density at radius 3 is 2.44 bits per heavy atom. The van der Waals surface area contributed by atoms with Crippen molar-refractivity contribution in [2.24, 2.45) is 0 Å². The lowest BCUT2D eigenvalue weighted by Gasteiger charge is -2.34. The first kappa shape index (κ1) is 13.1. The summed E-state index contributed by atoms with van der Waals surface area (Å²) in [6.07, 6.45) is 0. The van der Waals surface area contributed by atoms with E-state index >= 15 is 0 Å². The zero-order valence-corrected chi connectivity index (χ0v) is 10.5. The lowest BCUT2D eigenvalue weighted by Crippen LogP contribution is -2.46. The summed E-state index contributed by atoms with van der Waals surface area (Å²) in [6, 6.07) is 5.18. The summed E-state index contributed by atoms with van der Waals surface area (Å²) in [7, 11) is 0. The van der Waals surface area contributed by atoms with E-state index in [0.717, 1.165) is 44.8 Å². The number of aliphatic hydroxyl groups is 1. The van der Waals surface area contributed by atoms with Crippen molar-refractivity contribution in [3.05, 3.63) is 23.8 Å². The largest absolute Gasteiger partial charge is 0.508 e. The van der Waals surface area contributed by atoms with E-state index in [-0.39, 0.29) is 6.61 Å². The summed E-state index contributed by atoms with van der Waals surface area (Å²) in [5.41, 5.74) is 7.29. The van der Waals surface area contributed by atoms with E-state index in [0.29, 0.717) is 11.4 Å². The number of nitrogens with zero attached hydrogens (tertiary/aromatic N) is 2. The van der Waals surface area contributed by atoms with Gasteiger partial charge in [-0.2, -0.15) is 0 Å². The van der Waals surface area contributed by atoms with Crippen molar-refractivity contribution >= 4 is 5.69 Å². The Morgan fingerprint density at radius 2 is 1.78 bits per heavy atom. The van der Waals surface area contributed by atoms with Gasteiger partial charge in [-0.25, -0.2) is 0 Å². The fraction of sp³-hybridized carbons (Fsp3) is 0.538. The molecule has 0 spiro atoms. The average Bonchev–Trinajstić information content (AvgIpc) is 2.37. The second-order valence-corrected chi connectivity index (χ2v) is 4.73. The summed E-state index contributed by atoms with van der Waals surface area (Å²) < 4.78 is 0. The zero-order chi connectivity index (χ0) is 13.0. The average molecular weight is 251 g/mol. The molecule has 0 unspecified atom stereocenters. The van der Waals surface area contributed by atoms with Crippen molar-refractivity contribution in [2.45, 2.75) is 6.54 Å². The van der Waals surface area contributed by atoms with E-state index < -0.39 is 0 Å².